The van der Waals surface area contributed by atoms with E-state index < -0.39 is 11.6 Å². The summed E-state index contributed by atoms with van der Waals surface area (Å²) < 4.78 is 13.2. The highest BCUT2D eigenvalue weighted by Crippen LogP contribution is 2.29. The largest absolute Gasteiger partial charge is 0.478 e. The molecule has 1 N–H and O–H groups in total. The van der Waals surface area contributed by atoms with Crippen LogP contribution in [0.4, 0.5) is 0 Å². The maximum atomic E-state index is 11.5. The third-order valence-corrected chi connectivity index (χ3v) is 6.04. The summed E-state index contributed by atoms with van der Waals surface area (Å²) in [5, 5.41) is 14.2. The van der Waals surface area contributed by atoms with Gasteiger partial charge in [-0.3, -0.25) is 9.58 Å². The highest BCUT2D eigenvalue weighted by molar-refractivity contribution is 5.77. The molecule has 0 saturated heterocycles. The van der Waals surface area contributed by atoms with Crippen molar-refractivity contribution in [1.29, 1.82) is 0 Å². The van der Waals surface area contributed by atoms with E-state index in [9.17, 15) is 9.90 Å². The van der Waals surface area contributed by atoms with E-state index in [1.165, 1.54) is 11.1 Å². The van der Waals surface area contributed by atoms with Crippen molar-refractivity contribution in [2.24, 2.45) is 0 Å². The Morgan fingerprint density at radius 1 is 1.06 bits per heavy atom. The first-order chi connectivity index (χ1) is 16.6. The fraction of sp³-hybridized carbons (Fsp3) is 0.429. The van der Waals surface area contributed by atoms with Crippen molar-refractivity contribution in [3.63, 3.8) is 0 Å². The number of carboxylic acid groups (broad SMARTS) is 1. The average Bonchev–Trinajstić information content (AvgIpc) is 3.13. The van der Waals surface area contributed by atoms with Gasteiger partial charge < -0.3 is 14.6 Å². The topological polar surface area (TPSA) is 76.8 Å². The lowest BCUT2D eigenvalue weighted by atomic mass is 10.0. The Morgan fingerprint density at radius 2 is 1.71 bits per heavy atom. The fourth-order valence-corrected chi connectivity index (χ4v) is 4.09. The van der Waals surface area contributed by atoms with Crippen molar-refractivity contribution < 1.29 is 19.4 Å². The number of nitrogens with zero attached hydrogens (tertiary/aromatic N) is 3. The molecule has 0 aliphatic heterocycles. The van der Waals surface area contributed by atoms with E-state index in [-0.39, 0.29) is 0 Å². The molecule has 0 atom stereocenters. The second-order valence-corrected chi connectivity index (χ2v) is 9.60. The van der Waals surface area contributed by atoms with Crippen LogP contribution in [0, 0.1) is 20.8 Å². The van der Waals surface area contributed by atoms with Crippen LogP contribution in [-0.4, -0.2) is 51.6 Å². The van der Waals surface area contributed by atoms with Crippen LogP contribution in [0.1, 0.15) is 47.4 Å². The fourth-order valence-electron chi connectivity index (χ4n) is 4.09. The molecule has 0 saturated carbocycles. The number of methoxy groups -OCH3 is 1. The maximum absolute atomic E-state index is 11.5. The van der Waals surface area contributed by atoms with Gasteiger partial charge in [-0.25, -0.2) is 4.79 Å². The van der Waals surface area contributed by atoms with Crippen LogP contribution in [0.25, 0.3) is 0 Å². The van der Waals surface area contributed by atoms with Crippen molar-refractivity contribution in [2.75, 3.05) is 20.3 Å². The molecule has 0 radical (unpaired) electrons. The molecule has 3 rings (SSSR count). The zero-order chi connectivity index (χ0) is 25.6. The summed E-state index contributed by atoms with van der Waals surface area (Å²) in [6.07, 6.45) is 2.13. The first-order valence-corrected chi connectivity index (χ1v) is 11.9. The molecule has 35 heavy (non-hydrogen) atoms. The predicted molar refractivity (Wildman–Crippen MR) is 137 cm³/mol. The Labute approximate surface area is 208 Å². The van der Waals surface area contributed by atoms with Crippen LogP contribution in [0.15, 0.2) is 48.7 Å². The number of hydrogen-bond acceptors (Lipinski definition) is 5. The molecule has 0 unspecified atom stereocenters. The molecule has 7 heteroatoms. The van der Waals surface area contributed by atoms with Gasteiger partial charge in [-0.15, -0.1) is 0 Å². The molecule has 3 aromatic rings. The smallest absolute Gasteiger partial charge is 0.347 e. The van der Waals surface area contributed by atoms with Gasteiger partial charge in [-0.1, -0.05) is 42.5 Å². The number of carbonyl (C=O) groups is 1. The molecule has 7 nitrogen and oxygen atoms in total. The summed E-state index contributed by atoms with van der Waals surface area (Å²) in [5.41, 5.74) is 5.13. The van der Waals surface area contributed by atoms with E-state index in [1.54, 1.807) is 21.0 Å². The Hall–Kier alpha value is -3.16. The highest BCUT2D eigenvalue weighted by Gasteiger charge is 2.30. The number of ether oxygens (including phenoxy) is 2. The normalized spacial score (nSPS) is 11.7. The molecular weight excluding hydrogens is 442 g/mol. The summed E-state index contributed by atoms with van der Waals surface area (Å²) in [5.74, 6) is -0.364. The lowest BCUT2D eigenvalue weighted by Gasteiger charge is -2.26. The molecule has 2 aromatic carbocycles. The van der Waals surface area contributed by atoms with Crippen LogP contribution >= 0.6 is 0 Å². The quantitative estimate of drug-likeness (QED) is 0.404. The van der Waals surface area contributed by atoms with E-state index >= 15 is 0 Å². The summed E-state index contributed by atoms with van der Waals surface area (Å²) in [6.45, 7) is 12.7. The second kappa shape index (κ2) is 11.5. The van der Waals surface area contributed by atoms with Crippen molar-refractivity contribution in [3.8, 4) is 5.75 Å². The molecule has 0 fully saturated rings. The van der Waals surface area contributed by atoms with Gasteiger partial charge in [0.25, 0.3) is 0 Å². The molecule has 0 bridgehead atoms. The zero-order valence-corrected chi connectivity index (χ0v) is 21.7. The third kappa shape index (κ3) is 7.16. The van der Waals surface area contributed by atoms with Crippen LogP contribution < -0.4 is 4.74 Å². The summed E-state index contributed by atoms with van der Waals surface area (Å²) >= 11 is 0. The van der Waals surface area contributed by atoms with Crippen LogP contribution in [0.2, 0.25) is 0 Å². The first-order valence-electron chi connectivity index (χ1n) is 11.9. The lowest BCUT2D eigenvalue weighted by molar-refractivity contribution is -0.152. The van der Waals surface area contributed by atoms with Gasteiger partial charge in [-0.2, -0.15) is 5.10 Å². The van der Waals surface area contributed by atoms with Gasteiger partial charge in [0.1, 0.15) is 5.75 Å². The second-order valence-electron chi connectivity index (χ2n) is 9.60. The number of aliphatic carboxylic acids is 1. The molecule has 0 spiro atoms. The highest BCUT2D eigenvalue weighted by atomic mass is 16.5. The minimum Gasteiger partial charge on any atom is -0.478 e. The summed E-state index contributed by atoms with van der Waals surface area (Å²) in [6, 6.07) is 14.5. The van der Waals surface area contributed by atoms with E-state index in [0.717, 1.165) is 48.6 Å². The standard InChI is InChI=1S/C28H37N3O4/c1-20-14-24(15-21(2)26(20)35-28(4,5)27(32)33)16-30(12-13-34-6)18-25-19-31(29-22(25)3)17-23-10-8-7-9-11-23/h7-11,14-15,19H,12-13,16-18H2,1-6H3,(H,32,33). The molecular formula is C28H37N3O4. The van der Waals surface area contributed by atoms with Gasteiger partial charge in [0, 0.05) is 38.5 Å². The van der Waals surface area contributed by atoms with Crippen molar-refractivity contribution in [2.45, 2.75) is 59.9 Å². The first kappa shape index (κ1) is 26.4. The number of hydrogen-bond donors (Lipinski definition) is 1. The Kier molecular flexibility index (Phi) is 8.70. The van der Waals surface area contributed by atoms with Gasteiger partial charge in [-0.05, 0) is 56.9 Å². The SMILES string of the molecule is COCCN(Cc1cc(C)c(OC(C)(C)C(=O)O)c(C)c1)Cc1cn(Cc2ccccc2)nc1C. The van der Waals surface area contributed by atoms with E-state index in [0.29, 0.717) is 12.4 Å². The molecule has 188 valence electrons. The number of rotatable bonds is 12. The molecule has 1 aromatic heterocycles. The van der Waals surface area contributed by atoms with Crippen molar-refractivity contribution in [1.82, 2.24) is 14.7 Å². The van der Waals surface area contributed by atoms with Crippen molar-refractivity contribution in [3.05, 3.63) is 82.2 Å². The van der Waals surface area contributed by atoms with Crippen LogP contribution in [0.3, 0.4) is 0 Å². The third-order valence-electron chi connectivity index (χ3n) is 6.04. The maximum Gasteiger partial charge on any atom is 0.347 e. The predicted octanol–water partition coefficient (Wildman–Crippen LogP) is 4.75. The Morgan fingerprint density at radius 3 is 2.31 bits per heavy atom. The Bertz CT molecular complexity index is 1120. The average molecular weight is 480 g/mol. The van der Waals surface area contributed by atoms with E-state index in [4.69, 9.17) is 14.6 Å². The number of aryl methyl sites for hydroxylation is 3. The van der Waals surface area contributed by atoms with E-state index in [2.05, 4.69) is 42.3 Å². The summed E-state index contributed by atoms with van der Waals surface area (Å²) in [4.78, 5) is 13.9. The monoisotopic (exact) mass is 479 g/mol. The minimum absolute atomic E-state index is 0.627. The van der Waals surface area contributed by atoms with Crippen molar-refractivity contribution >= 4 is 5.97 Å². The lowest BCUT2D eigenvalue weighted by Crippen LogP contribution is -2.38. The van der Waals surface area contributed by atoms with Gasteiger partial charge in [0.05, 0.1) is 18.8 Å². The van der Waals surface area contributed by atoms with Crippen LogP contribution in [-0.2, 0) is 29.2 Å². The number of aromatic nitrogens is 2. The molecule has 1 heterocycles. The minimum atomic E-state index is -1.29. The van der Waals surface area contributed by atoms with Gasteiger partial charge in [0.2, 0.25) is 0 Å². The zero-order valence-electron chi connectivity index (χ0n) is 21.7. The Balaban J connectivity index is 1.76. The van der Waals surface area contributed by atoms with Gasteiger partial charge in [0.15, 0.2) is 5.60 Å². The number of benzene rings is 2. The van der Waals surface area contributed by atoms with E-state index in [1.807, 2.05) is 36.7 Å². The molecule has 0 amide bonds. The number of carboxylic acids is 1. The van der Waals surface area contributed by atoms with Crippen LogP contribution in [0.5, 0.6) is 5.75 Å². The van der Waals surface area contributed by atoms with Gasteiger partial charge >= 0.3 is 5.97 Å². The molecule has 0 aliphatic carbocycles. The molecule has 0 aliphatic rings. The summed E-state index contributed by atoms with van der Waals surface area (Å²) in [7, 11) is 1.71.